The molecule has 0 radical (unpaired) electrons. The minimum atomic E-state index is -0.121. The first-order valence-corrected chi connectivity index (χ1v) is 8.48. The van der Waals surface area contributed by atoms with Crippen LogP contribution in [0, 0.1) is 5.92 Å². The zero-order chi connectivity index (χ0) is 17.1. The molecule has 2 heterocycles. The average Bonchev–Trinajstić information content (AvgIpc) is 2.99. The van der Waals surface area contributed by atoms with Crippen molar-refractivity contribution >= 4 is 17.5 Å². The smallest absolute Gasteiger partial charge is 0.280 e. The molecule has 1 unspecified atom stereocenters. The van der Waals surface area contributed by atoms with Gasteiger partial charge in [0.1, 0.15) is 0 Å². The lowest BCUT2D eigenvalue weighted by Crippen LogP contribution is -2.39. The van der Waals surface area contributed by atoms with Crippen molar-refractivity contribution < 1.29 is 9.53 Å². The van der Waals surface area contributed by atoms with Gasteiger partial charge in [0, 0.05) is 18.1 Å². The summed E-state index contributed by atoms with van der Waals surface area (Å²) in [6, 6.07) is 7.52. The van der Waals surface area contributed by atoms with Crippen molar-refractivity contribution in [3.63, 3.8) is 0 Å². The largest absolute Gasteiger partial charge is 0.479 e. The van der Waals surface area contributed by atoms with E-state index in [0.29, 0.717) is 23.4 Å². The van der Waals surface area contributed by atoms with Gasteiger partial charge in [-0.1, -0.05) is 41.9 Å². The molecule has 24 heavy (non-hydrogen) atoms. The standard InChI is InChI=1S/C17H21ClN4O2/c1-12-6-5-9-21(10-12)16(23)15-17(24-2)22(20-19-15)11-13-7-3-4-8-14(13)18/h3-4,7-8,12H,5-6,9-11H2,1-2H3. The summed E-state index contributed by atoms with van der Waals surface area (Å²) < 4.78 is 6.99. The lowest BCUT2D eigenvalue weighted by molar-refractivity contribution is 0.0673. The van der Waals surface area contributed by atoms with E-state index < -0.39 is 0 Å². The number of halogens is 1. The highest BCUT2D eigenvalue weighted by atomic mass is 35.5. The molecule has 0 saturated carbocycles. The van der Waals surface area contributed by atoms with Gasteiger partial charge in [-0.15, -0.1) is 5.10 Å². The Kier molecular flexibility index (Phi) is 5.04. The number of aromatic nitrogens is 3. The third-order valence-corrected chi connectivity index (χ3v) is 4.68. The van der Waals surface area contributed by atoms with Crippen LogP contribution < -0.4 is 4.74 Å². The lowest BCUT2D eigenvalue weighted by Gasteiger charge is -2.30. The second kappa shape index (κ2) is 7.21. The molecule has 1 saturated heterocycles. The van der Waals surface area contributed by atoms with Crippen LogP contribution in [0.4, 0.5) is 0 Å². The molecule has 0 spiro atoms. The van der Waals surface area contributed by atoms with Crippen LogP contribution in [0.3, 0.4) is 0 Å². The summed E-state index contributed by atoms with van der Waals surface area (Å²) in [5.41, 5.74) is 1.16. The Balaban J connectivity index is 1.84. The molecule has 0 N–H and O–H groups in total. The van der Waals surface area contributed by atoms with E-state index in [1.807, 2.05) is 29.2 Å². The maximum absolute atomic E-state index is 12.8. The van der Waals surface area contributed by atoms with Gasteiger partial charge in [0.2, 0.25) is 11.6 Å². The summed E-state index contributed by atoms with van der Waals surface area (Å²) in [5, 5.41) is 8.81. The van der Waals surface area contributed by atoms with Crippen LogP contribution in [0.15, 0.2) is 24.3 Å². The molecular weight excluding hydrogens is 328 g/mol. The molecule has 2 aromatic rings. The first kappa shape index (κ1) is 16.8. The van der Waals surface area contributed by atoms with E-state index in [4.69, 9.17) is 16.3 Å². The Morgan fingerprint density at radius 2 is 2.21 bits per heavy atom. The normalized spacial score (nSPS) is 17.8. The number of likely N-dealkylation sites (tertiary alicyclic amines) is 1. The molecule has 1 aromatic heterocycles. The van der Waals surface area contributed by atoms with E-state index in [9.17, 15) is 4.79 Å². The number of piperidine rings is 1. The van der Waals surface area contributed by atoms with E-state index in [-0.39, 0.29) is 11.6 Å². The van der Waals surface area contributed by atoms with Gasteiger partial charge < -0.3 is 9.64 Å². The topological polar surface area (TPSA) is 60.2 Å². The summed E-state index contributed by atoms with van der Waals surface area (Å²) in [6.07, 6.45) is 2.17. The average molecular weight is 349 g/mol. The monoisotopic (exact) mass is 348 g/mol. The number of methoxy groups -OCH3 is 1. The zero-order valence-electron chi connectivity index (χ0n) is 13.9. The maximum Gasteiger partial charge on any atom is 0.280 e. The van der Waals surface area contributed by atoms with Crippen LogP contribution in [0.2, 0.25) is 5.02 Å². The van der Waals surface area contributed by atoms with Crippen LogP contribution >= 0.6 is 11.6 Å². The Bertz CT molecular complexity index is 731. The Morgan fingerprint density at radius 3 is 2.92 bits per heavy atom. The number of ether oxygens (including phenoxy) is 1. The Labute approximate surface area is 146 Å². The molecule has 1 aromatic carbocycles. The van der Waals surface area contributed by atoms with Crippen LogP contribution in [-0.2, 0) is 6.54 Å². The number of nitrogens with zero attached hydrogens (tertiary/aromatic N) is 4. The molecular formula is C17H21ClN4O2. The van der Waals surface area contributed by atoms with Gasteiger partial charge in [0.25, 0.3) is 5.91 Å². The number of amides is 1. The molecule has 1 aliphatic rings. The van der Waals surface area contributed by atoms with E-state index in [2.05, 4.69) is 17.2 Å². The van der Waals surface area contributed by atoms with Crippen LogP contribution in [0.5, 0.6) is 5.88 Å². The number of hydrogen-bond acceptors (Lipinski definition) is 4. The number of hydrogen-bond donors (Lipinski definition) is 0. The molecule has 3 rings (SSSR count). The predicted molar refractivity (Wildman–Crippen MR) is 91.4 cm³/mol. The van der Waals surface area contributed by atoms with Crippen molar-refractivity contribution in [2.75, 3.05) is 20.2 Å². The Morgan fingerprint density at radius 1 is 1.42 bits per heavy atom. The van der Waals surface area contributed by atoms with Crippen molar-refractivity contribution in [1.29, 1.82) is 0 Å². The summed E-state index contributed by atoms with van der Waals surface area (Å²) in [5.74, 6) is 0.758. The molecule has 7 heteroatoms. The quantitative estimate of drug-likeness (QED) is 0.852. The molecule has 1 fully saturated rings. The fourth-order valence-electron chi connectivity index (χ4n) is 3.06. The van der Waals surface area contributed by atoms with Gasteiger partial charge in [0.05, 0.1) is 13.7 Å². The maximum atomic E-state index is 12.8. The van der Waals surface area contributed by atoms with E-state index in [1.165, 1.54) is 7.11 Å². The minimum Gasteiger partial charge on any atom is -0.479 e. The number of carbonyl (C=O) groups excluding carboxylic acids is 1. The first-order chi connectivity index (χ1) is 11.6. The Hall–Kier alpha value is -2.08. The van der Waals surface area contributed by atoms with Gasteiger partial charge in [-0.25, -0.2) is 4.68 Å². The third-order valence-electron chi connectivity index (χ3n) is 4.31. The second-order valence-corrected chi connectivity index (χ2v) is 6.60. The summed E-state index contributed by atoms with van der Waals surface area (Å²) in [6.45, 7) is 4.06. The van der Waals surface area contributed by atoms with Gasteiger partial charge in [-0.05, 0) is 30.4 Å². The van der Waals surface area contributed by atoms with E-state index in [0.717, 1.165) is 31.5 Å². The number of rotatable bonds is 4. The predicted octanol–water partition coefficient (Wildman–Crippen LogP) is 2.86. The highest BCUT2D eigenvalue weighted by molar-refractivity contribution is 6.31. The van der Waals surface area contributed by atoms with Crippen molar-refractivity contribution in [3.05, 3.63) is 40.5 Å². The summed E-state index contributed by atoms with van der Waals surface area (Å²) in [4.78, 5) is 14.6. The molecule has 6 nitrogen and oxygen atoms in total. The van der Waals surface area contributed by atoms with Gasteiger partial charge in [0.15, 0.2) is 0 Å². The molecule has 0 bridgehead atoms. The molecule has 1 atom stereocenters. The molecule has 1 aliphatic heterocycles. The fourth-order valence-corrected chi connectivity index (χ4v) is 3.25. The van der Waals surface area contributed by atoms with Gasteiger partial charge in [-0.2, -0.15) is 0 Å². The van der Waals surface area contributed by atoms with Crippen molar-refractivity contribution in [2.24, 2.45) is 5.92 Å². The summed E-state index contributed by atoms with van der Waals surface area (Å²) >= 11 is 6.20. The van der Waals surface area contributed by atoms with Crippen LogP contribution in [-0.4, -0.2) is 46.0 Å². The third kappa shape index (κ3) is 3.38. The zero-order valence-corrected chi connectivity index (χ0v) is 14.7. The molecule has 0 aliphatic carbocycles. The SMILES string of the molecule is COc1c(C(=O)N2CCCC(C)C2)nnn1Cc1ccccc1Cl. The highest BCUT2D eigenvalue weighted by Gasteiger charge is 2.28. The van der Waals surface area contributed by atoms with Crippen molar-refractivity contribution in [3.8, 4) is 5.88 Å². The number of benzene rings is 1. The minimum absolute atomic E-state index is 0.121. The second-order valence-electron chi connectivity index (χ2n) is 6.19. The fraction of sp³-hybridized carbons (Fsp3) is 0.471. The highest BCUT2D eigenvalue weighted by Crippen LogP contribution is 2.24. The molecule has 128 valence electrons. The van der Waals surface area contributed by atoms with Crippen molar-refractivity contribution in [2.45, 2.75) is 26.3 Å². The van der Waals surface area contributed by atoms with Gasteiger partial charge >= 0.3 is 0 Å². The van der Waals surface area contributed by atoms with Crippen LogP contribution in [0.1, 0.15) is 35.8 Å². The van der Waals surface area contributed by atoms with Crippen molar-refractivity contribution in [1.82, 2.24) is 19.9 Å². The molecule has 1 amide bonds. The van der Waals surface area contributed by atoms with Gasteiger partial charge in [-0.3, -0.25) is 4.79 Å². The lowest BCUT2D eigenvalue weighted by atomic mass is 10.00. The van der Waals surface area contributed by atoms with E-state index >= 15 is 0 Å². The van der Waals surface area contributed by atoms with E-state index in [1.54, 1.807) is 4.68 Å². The number of carbonyl (C=O) groups is 1. The first-order valence-electron chi connectivity index (χ1n) is 8.10. The van der Waals surface area contributed by atoms with Crippen LogP contribution in [0.25, 0.3) is 0 Å². The summed E-state index contributed by atoms with van der Waals surface area (Å²) in [7, 11) is 1.53.